The van der Waals surface area contributed by atoms with E-state index in [9.17, 15) is 9.50 Å². The predicted octanol–water partition coefficient (Wildman–Crippen LogP) is 2.81. The normalized spacial score (nSPS) is 19.1. The maximum absolute atomic E-state index is 13.8. The molecule has 1 aromatic rings. The van der Waals surface area contributed by atoms with Crippen LogP contribution in [0.2, 0.25) is 5.02 Å². The zero-order chi connectivity index (χ0) is 12.5. The fourth-order valence-corrected chi connectivity index (χ4v) is 2.39. The third-order valence-corrected chi connectivity index (χ3v) is 3.55. The van der Waals surface area contributed by atoms with Crippen molar-refractivity contribution in [2.24, 2.45) is 5.92 Å². The summed E-state index contributed by atoms with van der Waals surface area (Å²) < 4.78 is 18.8. The largest absolute Gasteiger partial charge is 0.387 e. The fraction of sp³-hybridized carbons (Fsp3) is 0.538. The lowest BCUT2D eigenvalue weighted by atomic mass is 9.90. The number of aliphatic hydroxyl groups is 1. The molecular formula is C13H16ClFO2. The minimum atomic E-state index is -0.972. The maximum Gasteiger partial charge on any atom is 0.145 e. The summed E-state index contributed by atoms with van der Waals surface area (Å²) in [6.07, 6.45) is 2.20. The Morgan fingerprint density at radius 3 is 2.82 bits per heavy atom. The van der Waals surface area contributed by atoms with Crippen LogP contribution in [0.1, 0.15) is 18.4 Å². The maximum atomic E-state index is 13.8. The molecule has 0 heterocycles. The van der Waals surface area contributed by atoms with Gasteiger partial charge in [0.25, 0.3) is 0 Å². The molecular weight excluding hydrogens is 243 g/mol. The van der Waals surface area contributed by atoms with Crippen molar-refractivity contribution in [3.8, 4) is 0 Å². The molecule has 2 rings (SSSR count). The molecule has 4 heteroatoms. The average molecular weight is 259 g/mol. The molecule has 1 saturated carbocycles. The number of benzene rings is 1. The molecule has 1 aliphatic carbocycles. The zero-order valence-electron chi connectivity index (χ0n) is 9.75. The molecule has 0 amide bonds. The van der Waals surface area contributed by atoms with Crippen molar-refractivity contribution in [2.75, 3.05) is 13.7 Å². The van der Waals surface area contributed by atoms with Crippen molar-refractivity contribution in [1.29, 1.82) is 0 Å². The van der Waals surface area contributed by atoms with Crippen LogP contribution in [0.4, 0.5) is 4.39 Å². The van der Waals surface area contributed by atoms with Gasteiger partial charge in [0.05, 0.1) is 17.2 Å². The van der Waals surface area contributed by atoms with Gasteiger partial charge < -0.3 is 9.84 Å². The molecule has 94 valence electrons. The zero-order valence-corrected chi connectivity index (χ0v) is 10.5. The summed E-state index contributed by atoms with van der Waals surface area (Å²) in [4.78, 5) is 0. The molecule has 0 saturated heterocycles. The Bertz CT molecular complexity index is 406. The topological polar surface area (TPSA) is 29.5 Å². The molecule has 1 atom stereocenters. The molecule has 0 bridgehead atoms. The summed E-state index contributed by atoms with van der Waals surface area (Å²) in [7, 11) is 1.54. The summed E-state index contributed by atoms with van der Waals surface area (Å²) in [5, 5.41) is 10.6. The quantitative estimate of drug-likeness (QED) is 0.880. The van der Waals surface area contributed by atoms with E-state index in [4.69, 9.17) is 16.3 Å². The molecule has 0 aromatic heterocycles. The number of hydrogen-bond acceptors (Lipinski definition) is 2. The smallest absolute Gasteiger partial charge is 0.145 e. The lowest BCUT2D eigenvalue weighted by molar-refractivity contribution is -0.0479. The van der Waals surface area contributed by atoms with Crippen LogP contribution in [0.15, 0.2) is 18.2 Å². The van der Waals surface area contributed by atoms with Gasteiger partial charge in [0, 0.05) is 13.5 Å². The van der Waals surface area contributed by atoms with Crippen LogP contribution in [0, 0.1) is 11.7 Å². The molecule has 1 aliphatic rings. The molecule has 0 radical (unpaired) electrons. The highest BCUT2D eigenvalue weighted by Gasteiger charge is 2.44. The minimum Gasteiger partial charge on any atom is -0.387 e. The Labute approximate surface area is 105 Å². The molecule has 1 aromatic carbocycles. The monoisotopic (exact) mass is 258 g/mol. The van der Waals surface area contributed by atoms with Crippen molar-refractivity contribution in [1.82, 2.24) is 0 Å². The van der Waals surface area contributed by atoms with Gasteiger partial charge in [0.1, 0.15) is 5.82 Å². The van der Waals surface area contributed by atoms with Gasteiger partial charge in [-0.3, -0.25) is 0 Å². The molecule has 17 heavy (non-hydrogen) atoms. The first-order chi connectivity index (χ1) is 8.07. The number of methoxy groups -OCH3 is 1. The second-order valence-corrected chi connectivity index (χ2v) is 5.11. The van der Waals surface area contributed by atoms with Gasteiger partial charge in [-0.25, -0.2) is 4.39 Å². The lowest BCUT2D eigenvalue weighted by Crippen LogP contribution is -2.39. The molecule has 2 nitrogen and oxygen atoms in total. The van der Waals surface area contributed by atoms with E-state index in [1.54, 1.807) is 19.2 Å². The van der Waals surface area contributed by atoms with E-state index in [0.29, 0.717) is 5.56 Å². The Balaban J connectivity index is 2.20. The highest BCUT2D eigenvalue weighted by molar-refractivity contribution is 6.30. The number of halogens is 2. The average Bonchev–Trinajstić information content (AvgIpc) is 3.09. The standard InChI is InChI=1S/C13H16ClFO2/c1-17-8-13(16,10-5-6-10)7-9-3-2-4-11(14)12(9)15/h2-4,10,16H,5-8H2,1H3. The first kappa shape index (κ1) is 12.8. The van der Waals surface area contributed by atoms with E-state index in [1.807, 2.05) is 0 Å². The van der Waals surface area contributed by atoms with Gasteiger partial charge in [0.2, 0.25) is 0 Å². The Hall–Kier alpha value is -0.640. The highest BCUT2D eigenvalue weighted by atomic mass is 35.5. The third kappa shape index (κ3) is 2.79. The number of hydrogen-bond donors (Lipinski definition) is 1. The van der Waals surface area contributed by atoms with Crippen molar-refractivity contribution in [3.05, 3.63) is 34.6 Å². The van der Waals surface area contributed by atoms with Crippen molar-refractivity contribution < 1.29 is 14.2 Å². The van der Waals surface area contributed by atoms with Crippen LogP contribution in [0.3, 0.4) is 0 Å². The van der Waals surface area contributed by atoms with E-state index < -0.39 is 11.4 Å². The van der Waals surface area contributed by atoms with Crippen LogP contribution in [0.5, 0.6) is 0 Å². The summed E-state index contributed by atoms with van der Waals surface area (Å²) >= 11 is 5.73. The molecule has 1 fully saturated rings. The van der Waals surface area contributed by atoms with Gasteiger partial charge in [0.15, 0.2) is 0 Å². The van der Waals surface area contributed by atoms with Gasteiger partial charge in [-0.15, -0.1) is 0 Å². The number of rotatable bonds is 5. The van der Waals surface area contributed by atoms with E-state index in [0.717, 1.165) is 12.8 Å². The minimum absolute atomic E-state index is 0.0954. The van der Waals surface area contributed by atoms with Crippen LogP contribution in [-0.4, -0.2) is 24.4 Å². The van der Waals surface area contributed by atoms with E-state index in [2.05, 4.69) is 0 Å². The second-order valence-electron chi connectivity index (χ2n) is 4.70. The summed E-state index contributed by atoms with van der Waals surface area (Å²) in [5.74, 6) is -0.231. The molecule has 1 unspecified atom stereocenters. The Morgan fingerprint density at radius 1 is 1.53 bits per heavy atom. The summed E-state index contributed by atoms with van der Waals surface area (Å²) in [6.45, 7) is 0.226. The fourth-order valence-electron chi connectivity index (χ4n) is 2.20. The molecule has 1 N–H and O–H groups in total. The van der Waals surface area contributed by atoms with Crippen LogP contribution >= 0.6 is 11.6 Å². The number of ether oxygens (including phenoxy) is 1. The first-order valence-electron chi connectivity index (χ1n) is 5.71. The third-order valence-electron chi connectivity index (χ3n) is 3.26. The summed E-state index contributed by atoms with van der Waals surface area (Å²) in [6, 6.07) is 4.86. The second kappa shape index (κ2) is 4.92. The van der Waals surface area contributed by atoms with E-state index in [-0.39, 0.29) is 24.0 Å². The van der Waals surface area contributed by atoms with Crippen LogP contribution < -0.4 is 0 Å². The lowest BCUT2D eigenvalue weighted by Gasteiger charge is -2.27. The highest BCUT2D eigenvalue weighted by Crippen LogP contribution is 2.42. The van der Waals surface area contributed by atoms with Gasteiger partial charge in [-0.05, 0) is 30.4 Å². The summed E-state index contributed by atoms with van der Waals surface area (Å²) in [5.41, 5.74) is -0.524. The molecule has 0 spiro atoms. The van der Waals surface area contributed by atoms with E-state index in [1.165, 1.54) is 6.07 Å². The molecule has 0 aliphatic heterocycles. The SMILES string of the molecule is COCC(O)(Cc1cccc(Cl)c1F)C1CC1. The van der Waals surface area contributed by atoms with Gasteiger partial charge >= 0.3 is 0 Å². The van der Waals surface area contributed by atoms with Crippen molar-refractivity contribution >= 4 is 11.6 Å². The Morgan fingerprint density at radius 2 is 2.24 bits per heavy atom. The van der Waals surface area contributed by atoms with Crippen molar-refractivity contribution in [3.63, 3.8) is 0 Å². The van der Waals surface area contributed by atoms with Crippen LogP contribution in [-0.2, 0) is 11.2 Å². The van der Waals surface area contributed by atoms with Gasteiger partial charge in [-0.1, -0.05) is 23.7 Å². The van der Waals surface area contributed by atoms with Gasteiger partial charge in [-0.2, -0.15) is 0 Å². The first-order valence-corrected chi connectivity index (χ1v) is 6.09. The Kier molecular flexibility index (Phi) is 3.71. The predicted molar refractivity (Wildman–Crippen MR) is 64.7 cm³/mol. The van der Waals surface area contributed by atoms with Crippen LogP contribution in [0.25, 0.3) is 0 Å². The van der Waals surface area contributed by atoms with Crippen molar-refractivity contribution in [2.45, 2.75) is 24.9 Å². The van der Waals surface area contributed by atoms with E-state index >= 15 is 0 Å².